The number of urea groups is 1. The quantitative estimate of drug-likeness (QED) is 0.469. The van der Waals surface area contributed by atoms with Crippen molar-refractivity contribution >= 4 is 35.6 Å². The van der Waals surface area contributed by atoms with Crippen molar-refractivity contribution in [3.05, 3.63) is 83.1 Å². The first-order chi connectivity index (χ1) is 15.4. The van der Waals surface area contributed by atoms with Crippen molar-refractivity contribution in [1.82, 2.24) is 5.32 Å². The number of nitrogens with one attached hydrogen (secondary N) is 1. The largest absolute Gasteiger partial charge is 0.478 e. The van der Waals surface area contributed by atoms with Crippen LogP contribution >= 0.6 is 0 Å². The van der Waals surface area contributed by atoms with Crippen LogP contribution in [0.3, 0.4) is 0 Å². The zero-order chi connectivity index (χ0) is 22.8. The molecular weight excluding hydrogens is 412 g/mol. The second kappa shape index (κ2) is 8.35. The SMILES string of the molecule is CCc1ccc(N2C(=O)NC(=O)/C(=C/c3ccc(-c4cccc(C(=O)O)c4)o3)C2=O)cc1. The monoisotopic (exact) mass is 430 g/mol. The van der Waals surface area contributed by atoms with E-state index in [1.54, 1.807) is 48.5 Å². The van der Waals surface area contributed by atoms with E-state index in [0.717, 1.165) is 16.9 Å². The Morgan fingerprint density at radius 1 is 1.06 bits per heavy atom. The number of carbonyl (C=O) groups excluding carboxylic acids is 3. The van der Waals surface area contributed by atoms with Crippen LogP contribution in [0.25, 0.3) is 17.4 Å². The molecule has 2 aromatic carbocycles. The summed E-state index contributed by atoms with van der Waals surface area (Å²) < 4.78 is 5.70. The Hall–Kier alpha value is -4.46. The molecule has 1 aliphatic heterocycles. The van der Waals surface area contributed by atoms with E-state index in [1.165, 1.54) is 18.2 Å². The first-order valence-electron chi connectivity index (χ1n) is 9.81. The van der Waals surface area contributed by atoms with Crippen LogP contribution in [-0.4, -0.2) is 28.9 Å². The van der Waals surface area contributed by atoms with Crippen molar-refractivity contribution < 1.29 is 28.7 Å². The lowest BCUT2D eigenvalue weighted by atomic mass is 10.1. The summed E-state index contributed by atoms with van der Waals surface area (Å²) in [6.45, 7) is 1.99. The van der Waals surface area contributed by atoms with Gasteiger partial charge in [0, 0.05) is 5.56 Å². The normalized spacial score (nSPS) is 15.2. The van der Waals surface area contributed by atoms with Gasteiger partial charge in [0.1, 0.15) is 17.1 Å². The van der Waals surface area contributed by atoms with Crippen molar-refractivity contribution in [2.45, 2.75) is 13.3 Å². The Morgan fingerprint density at radius 3 is 2.50 bits per heavy atom. The maximum absolute atomic E-state index is 13.0. The minimum absolute atomic E-state index is 0.101. The number of carboxylic acid groups (broad SMARTS) is 1. The average molecular weight is 430 g/mol. The molecular formula is C24H18N2O6. The number of anilines is 1. The summed E-state index contributed by atoms with van der Waals surface area (Å²) in [7, 11) is 0. The number of barbiturate groups is 1. The summed E-state index contributed by atoms with van der Waals surface area (Å²) in [5.41, 5.74) is 1.75. The van der Waals surface area contributed by atoms with E-state index in [2.05, 4.69) is 5.32 Å². The van der Waals surface area contributed by atoms with Crippen LogP contribution in [0.5, 0.6) is 0 Å². The molecule has 1 fully saturated rings. The Bertz CT molecular complexity index is 1270. The highest BCUT2D eigenvalue weighted by Crippen LogP contribution is 2.26. The van der Waals surface area contributed by atoms with Crippen LogP contribution in [0.2, 0.25) is 0 Å². The van der Waals surface area contributed by atoms with Gasteiger partial charge >= 0.3 is 12.0 Å². The van der Waals surface area contributed by atoms with Crippen LogP contribution in [0, 0.1) is 0 Å². The predicted octanol–water partition coefficient (Wildman–Crippen LogP) is 3.87. The molecule has 8 heteroatoms. The molecule has 4 amide bonds. The summed E-state index contributed by atoms with van der Waals surface area (Å²) in [4.78, 5) is 49.7. The zero-order valence-electron chi connectivity index (χ0n) is 17.0. The fraction of sp³-hybridized carbons (Fsp3) is 0.0833. The molecule has 2 heterocycles. The van der Waals surface area contributed by atoms with Crippen LogP contribution in [-0.2, 0) is 16.0 Å². The smallest absolute Gasteiger partial charge is 0.335 e. The van der Waals surface area contributed by atoms with Gasteiger partial charge in [-0.05, 0) is 54.5 Å². The van der Waals surface area contributed by atoms with Gasteiger partial charge in [-0.1, -0.05) is 31.2 Å². The van der Waals surface area contributed by atoms with Gasteiger partial charge in [-0.15, -0.1) is 0 Å². The summed E-state index contributed by atoms with van der Waals surface area (Å²) in [5.74, 6) is -2.09. The average Bonchev–Trinajstić information content (AvgIpc) is 3.26. The molecule has 160 valence electrons. The molecule has 1 aromatic heterocycles. The van der Waals surface area contributed by atoms with Crippen LogP contribution < -0.4 is 10.2 Å². The fourth-order valence-electron chi connectivity index (χ4n) is 3.31. The molecule has 0 spiro atoms. The molecule has 2 N–H and O–H groups in total. The van der Waals surface area contributed by atoms with Crippen molar-refractivity contribution in [3.8, 4) is 11.3 Å². The summed E-state index contributed by atoms with van der Waals surface area (Å²) in [5, 5.41) is 11.3. The van der Waals surface area contributed by atoms with Crippen LogP contribution in [0.4, 0.5) is 10.5 Å². The Labute approximate surface area is 182 Å². The molecule has 3 aromatic rings. The third-order valence-electron chi connectivity index (χ3n) is 5.01. The number of imide groups is 2. The number of benzene rings is 2. The molecule has 0 bridgehead atoms. The van der Waals surface area contributed by atoms with Gasteiger partial charge in [0.05, 0.1) is 11.3 Å². The molecule has 8 nitrogen and oxygen atoms in total. The van der Waals surface area contributed by atoms with Gasteiger partial charge < -0.3 is 9.52 Å². The standard InChI is InChI=1S/C24H18N2O6/c1-2-14-6-8-17(9-7-14)26-22(28)19(21(27)25-24(26)31)13-18-10-11-20(32-18)15-4-3-5-16(12-15)23(29)30/h3-13H,2H2,1H3,(H,29,30)(H,25,27,31)/b19-13-. The second-order valence-corrected chi connectivity index (χ2v) is 7.07. The van der Waals surface area contributed by atoms with Crippen molar-refractivity contribution in [2.24, 2.45) is 0 Å². The Kier molecular flexibility index (Phi) is 5.43. The van der Waals surface area contributed by atoms with E-state index in [9.17, 15) is 19.2 Å². The summed E-state index contributed by atoms with van der Waals surface area (Å²) in [6, 6.07) is 15.4. The molecule has 0 aliphatic carbocycles. The highest BCUT2D eigenvalue weighted by Gasteiger charge is 2.37. The summed E-state index contributed by atoms with van der Waals surface area (Å²) >= 11 is 0. The predicted molar refractivity (Wildman–Crippen MR) is 116 cm³/mol. The van der Waals surface area contributed by atoms with Crippen molar-refractivity contribution in [1.29, 1.82) is 0 Å². The van der Waals surface area contributed by atoms with E-state index in [4.69, 9.17) is 9.52 Å². The van der Waals surface area contributed by atoms with E-state index in [1.807, 2.05) is 6.92 Å². The molecule has 0 radical (unpaired) electrons. The van der Waals surface area contributed by atoms with E-state index >= 15 is 0 Å². The first kappa shape index (κ1) is 20.8. The molecule has 1 aliphatic rings. The van der Waals surface area contributed by atoms with Gasteiger partial charge in [0.15, 0.2) is 0 Å². The first-order valence-corrected chi connectivity index (χ1v) is 9.81. The molecule has 0 saturated carbocycles. The number of furan rings is 1. The van der Waals surface area contributed by atoms with E-state index < -0.39 is 23.8 Å². The molecule has 32 heavy (non-hydrogen) atoms. The lowest BCUT2D eigenvalue weighted by Gasteiger charge is -2.26. The third-order valence-corrected chi connectivity index (χ3v) is 5.01. The number of hydrogen-bond donors (Lipinski definition) is 2. The van der Waals surface area contributed by atoms with Gasteiger partial charge in [-0.3, -0.25) is 14.9 Å². The van der Waals surface area contributed by atoms with Crippen molar-refractivity contribution in [3.63, 3.8) is 0 Å². The van der Waals surface area contributed by atoms with Crippen LogP contribution in [0.1, 0.15) is 28.6 Å². The Morgan fingerprint density at radius 2 is 1.81 bits per heavy atom. The molecule has 4 rings (SSSR count). The number of amides is 4. The lowest BCUT2D eigenvalue weighted by molar-refractivity contribution is -0.122. The number of carboxylic acids is 1. The number of hydrogen-bond acceptors (Lipinski definition) is 5. The lowest BCUT2D eigenvalue weighted by Crippen LogP contribution is -2.54. The van der Waals surface area contributed by atoms with Crippen LogP contribution in [0.15, 0.2) is 70.7 Å². The number of rotatable bonds is 5. The second-order valence-electron chi connectivity index (χ2n) is 7.07. The fourth-order valence-corrected chi connectivity index (χ4v) is 3.31. The van der Waals surface area contributed by atoms with Crippen molar-refractivity contribution in [2.75, 3.05) is 4.90 Å². The van der Waals surface area contributed by atoms with Gasteiger partial charge in [0.2, 0.25) is 0 Å². The van der Waals surface area contributed by atoms with E-state index in [-0.39, 0.29) is 16.9 Å². The molecule has 0 unspecified atom stereocenters. The highest BCUT2D eigenvalue weighted by atomic mass is 16.4. The number of aromatic carboxylic acids is 1. The zero-order valence-corrected chi connectivity index (χ0v) is 17.0. The number of carbonyl (C=O) groups is 4. The maximum atomic E-state index is 13.0. The highest BCUT2D eigenvalue weighted by molar-refractivity contribution is 6.39. The van der Waals surface area contributed by atoms with Gasteiger partial charge in [0.25, 0.3) is 11.8 Å². The van der Waals surface area contributed by atoms with E-state index in [0.29, 0.717) is 17.0 Å². The molecule has 1 saturated heterocycles. The topological polar surface area (TPSA) is 117 Å². The maximum Gasteiger partial charge on any atom is 0.335 e. The number of nitrogens with zero attached hydrogens (tertiary/aromatic N) is 1. The van der Waals surface area contributed by atoms with Gasteiger partial charge in [-0.25, -0.2) is 14.5 Å². The number of aryl methyl sites for hydroxylation is 1. The third kappa shape index (κ3) is 3.93. The summed E-state index contributed by atoms with van der Waals surface area (Å²) in [6.07, 6.45) is 2.06. The molecule has 0 atom stereocenters. The minimum atomic E-state index is -1.07. The van der Waals surface area contributed by atoms with Gasteiger partial charge in [-0.2, -0.15) is 0 Å². The Balaban J connectivity index is 1.65. The minimum Gasteiger partial charge on any atom is -0.478 e.